The van der Waals surface area contributed by atoms with E-state index in [4.69, 9.17) is 9.47 Å². The Bertz CT molecular complexity index is 1020. The molecule has 0 spiro atoms. The number of amides is 1. The Kier molecular flexibility index (Phi) is 39.2. The topological polar surface area (TPSA) is 189 Å². The van der Waals surface area contributed by atoms with Crippen molar-refractivity contribution in [2.45, 2.75) is 294 Å². The number of hydrogen-bond acceptors (Lipinski definition) is 10. The average Bonchev–Trinajstić information content (AvgIpc) is 3.27. The van der Waals surface area contributed by atoms with Crippen LogP contribution in [0.15, 0.2) is 12.2 Å². The van der Waals surface area contributed by atoms with Crippen LogP contribution in [0, 0.1) is 0 Å². The second-order valence-electron chi connectivity index (χ2n) is 18.6. The number of hydrogen-bond donors (Lipinski definition) is 8. The highest BCUT2D eigenvalue weighted by atomic mass is 16.7. The van der Waals surface area contributed by atoms with Crippen molar-refractivity contribution >= 4 is 5.91 Å². The van der Waals surface area contributed by atoms with E-state index in [9.17, 15) is 40.5 Å². The van der Waals surface area contributed by atoms with Gasteiger partial charge < -0.3 is 50.5 Å². The van der Waals surface area contributed by atoms with Gasteiger partial charge >= 0.3 is 0 Å². The zero-order chi connectivity index (χ0) is 45.5. The van der Waals surface area contributed by atoms with Crippen LogP contribution in [0.2, 0.25) is 0 Å². The molecule has 62 heavy (non-hydrogen) atoms. The lowest BCUT2D eigenvalue weighted by Crippen LogP contribution is -2.60. The number of aliphatic hydroxyl groups is 7. The summed E-state index contributed by atoms with van der Waals surface area (Å²) in [5, 5.41) is 75.9. The molecule has 0 aromatic carbocycles. The molecule has 0 saturated carbocycles. The third kappa shape index (κ3) is 30.1. The summed E-state index contributed by atoms with van der Waals surface area (Å²) < 4.78 is 11.1. The highest BCUT2D eigenvalue weighted by Gasteiger charge is 2.44. The summed E-state index contributed by atoms with van der Waals surface area (Å²) in [5.74, 6) is -0.699. The Labute approximate surface area is 379 Å². The zero-order valence-corrected chi connectivity index (χ0v) is 39.9. The summed E-state index contributed by atoms with van der Waals surface area (Å²) in [4.78, 5) is 13.1. The molecular formula is C51H99NO10. The van der Waals surface area contributed by atoms with Gasteiger partial charge in [-0.15, -0.1) is 0 Å². The molecule has 1 fully saturated rings. The van der Waals surface area contributed by atoms with Gasteiger partial charge in [-0.05, 0) is 38.5 Å². The van der Waals surface area contributed by atoms with Gasteiger partial charge in [0.2, 0.25) is 5.91 Å². The van der Waals surface area contributed by atoms with Crippen molar-refractivity contribution in [2.75, 3.05) is 13.2 Å². The predicted octanol–water partition coefficient (Wildman–Crippen LogP) is 9.62. The van der Waals surface area contributed by atoms with Gasteiger partial charge in [0.25, 0.3) is 0 Å². The van der Waals surface area contributed by atoms with Crippen molar-refractivity contribution in [1.82, 2.24) is 5.32 Å². The van der Waals surface area contributed by atoms with Gasteiger partial charge in [-0.1, -0.05) is 212 Å². The van der Waals surface area contributed by atoms with E-state index < -0.39 is 74.2 Å². The summed E-state index contributed by atoms with van der Waals surface area (Å²) in [7, 11) is 0. The SMILES string of the molecule is CCCCCCCCCCC/C=C\CCCCCCCCC(O)C(=O)NC(COC1OC(CO)C(O)C(O)C1O)C(O)C(O)CCCCCCCCCCCCCCCCCC. The molecule has 0 radical (unpaired) electrons. The third-order valence-corrected chi connectivity index (χ3v) is 12.8. The Hall–Kier alpha value is -1.15. The molecular weight excluding hydrogens is 787 g/mol. The summed E-state index contributed by atoms with van der Waals surface area (Å²) in [6.45, 7) is 3.46. The van der Waals surface area contributed by atoms with Crippen molar-refractivity contribution < 1.29 is 50.0 Å². The summed E-state index contributed by atoms with van der Waals surface area (Å²) >= 11 is 0. The highest BCUT2D eigenvalue weighted by Crippen LogP contribution is 2.23. The number of carbonyl (C=O) groups is 1. The monoisotopic (exact) mass is 886 g/mol. The van der Waals surface area contributed by atoms with Crippen LogP contribution in [0.3, 0.4) is 0 Å². The zero-order valence-electron chi connectivity index (χ0n) is 39.9. The molecule has 1 saturated heterocycles. The second kappa shape index (κ2) is 41.3. The standard InChI is InChI=1S/C51H99NO10/c1-3-5-7-9-11-13-15-17-19-21-22-23-25-27-29-31-33-35-37-39-44(55)50(60)52-42(41-61-51-49(59)48(58)47(57)45(40-53)62-51)46(56)43(54)38-36-34-32-30-28-26-24-20-18-16-14-12-10-8-6-4-2/h22-23,42-49,51,53-59H,3-21,24-41H2,1-2H3,(H,52,60)/b23-22-. The molecule has 0 aromatic rings. The van der Waals surface area contributed by atoms with E-state index in [1.807, 2.05) is 0 Å². The summed E-state index contributed by atoms with van der Waals surface area (Å²) in [6, 6.07) is -1.17. The molecule has 0 aliphatic carbocycles. The van der Waals surface area contributed by atoms with E-state index in [1.54, 1.807) is 0 Å². The predicted molar refractivity (Wildman–Crippen MR) is 252 cm³/mol. The van der Waals surface area contributed by atoms with Gasteiger partial charge in [0.1, 0.15) is 36.6 Å². The van der Waals surface area contributed by atoms with Crippen molar-refractivity contribution in [3.8, 4) is 0 Å². The minimum absolute atomic E-state index is 0.256. The second-order valence-corrected chi connectivity index (χ2v) is 18.6. The smallest absolute Gasteiger partial charge is 0.249 e. The van der Waals surface area contributed by atoms with Crippen LogP contribution >= 0.6 is 0 Å². The summed E-state index contributed by atoms with van der Waals surface area (Å²) in [5.41, 5.74) is 0. The minimum atomic E-state index is -1.66. The van der Waals surface area contributed by atoms with E-state index in [0.29, 0.717) is 19.3 Å². The van der Waals surface area contributed by atoms with E-state index in [0.717, 1.165) is 51.4 Å². The Morgan fingerprint density at radius 3 is 1.35 bits per heavy atom. The molecule has 9 atom stereocenters. The average molecular weight is 886 g/mol. The maximum absolute atomic E-state index is 13.1. The molecule has 11 nitrogen and oxygen atoms in total. The van der Waals surface area contributed by atoms with Gasteiger partial charge in [0.05, 0.1) is 25.4 Å². The maximum Gasteiger partial charge on any atom is 0.249 e. The lowest BCUT2D eigenvalue weighted by Gasteiger charge is -2.40. The summed E-state index contributed by atoms with van der Waals surface area (Å²) in [6.07, 6.45) is 33.9. The van der Waals surface area contributed by atoms with E-state index >= 15 is 0 Å². The van der Waals surface area contributed by atoms with Gasteiger partial charge in [0.15, 0.2) is 6.29 Å². The van der Waals surface area contributed by atoms with E-state index in [1.165, 1.54) is 148 Å². The molecule has 1 heterocycles. The fourth-order valence-electron chi connectivity index (χ4n) is 8.50. The lowest BCUT2D eigenvalue weighted by molar-refractivity contribution is -0.303. The number of unbranched alkanes of at least 4 members (excludes halogenated alkanes) is 30. The highest BCUT2D eigenvalue weighted by molar-refractivity contribution is 5.80. The number of rotatable bonds is 44. The van der Waals surface area contributed by atoms with Crippen molar-refractivity contribution in [3.05, 3.63) is 12.2 Å². The van der Waals surface area contributed by atoms with Crippen LogP contribution in [0.4, 0.5) is 0 Å². The van der Waals surface area contributed by atoms with Gasteiger partial charge in [-0.25, -0.2) is 0 Å². The van der Waals surface area contributed by atoms with Gasteiger partial charge in [0, 0.05) is 0 Å². The van der Waals surface area contributed by atoms with E-state index in [2.05, 4.69) is 31.3 Å². The number of aliphatic hydroxyl groups excluding tert-OH is 7. The van der Waals surface area contributed by atoms with Crippen molar-refractivity contribution in [1.29, 1.82) is 0 Å². The van der Waals surface area contributed by atoms with Crippen LogP contribution in [-0.4, -0.2) is 110 Å². The first-order chi connectivity index (χ1) is 30.2. The fraction of sp³-hybridized carbons (Fsp3) is 0.941. The van der Waals surface area contributed by atoms with Gasteiger partial charge in [-0.3, -0.25) is 4.79 Å². The maximum atomic E-state index is 13.1. The Morgan fingerprint density at radius 2 is 0.935 bits per heavy atom. The molecule has 1 rings (SSSR count). The number of carbonyl (C=O) groups excluding carboxylic acids is 1. The molecule has 11 heteroatoms. The van der Waals surface area contributed by atoms with Crippen LogP contribution in [0.1, 0.15) is 239 Å². The molecule has 368 valence electrons. The van der Waals surface area contributed by atoms with Crippen LogP contribution in [-0.2, 0) is 14.3 Å². The first-order valence-electron chi connectivity index (χ1n) is 26.1. The molecule has 0 aromatic heterocycles. The molecule has 9 unspecified atom stereocenters. The quantitative estimate of drug-likeness (QED) is 0.0216. The van der Waals surface area contributed by atoms with E-state index in [-0.39, 0.29) is 6.42 Å². The van der Waals surface area contributed by atoms with Crippen LogP contribution < -0.4 is 5.32 Å². The lowest BCUT2D eigenvalue weighted by atomic mass is 9.98. The molecule has 8 N–H and O–H groups in total. The van der Waals surface area contributed by atoms with Gasteiger partial charge in [-0.2, -0.15) is 0 Å². The Morgan fingerprint density at radius 1 is 0.548 bits per heavy atom. The molecule has 1 aliphatic rings. The number of ether oxygens (including phenoxy) is 2. The van der Waals surface area contributed by atoms with Crippen molar-refractivity contribution in [2.24, 2.45) is 0 Å². The molecule has 0 bridgehead atoms. The van der Waals surface area contributed by atoms with Crippen LogP contribution in [0.5, 0.6) is 0 Å². The fourth-order valence-corrected chi connectivity index (χ4v) is 8.50. The molecule has 1 aliphatic heterocycles. The first kappa shape index (κ1) is 58.9. The Balaban J connectivity index is 2.39. The largest absolute Gasteiger partial charge is 0.394 e. The number of allylic oxidation sites excluding steroid dienone is 2. The normalized spacial score (nSPS) is 21.3. The van der Waals surface area contributed by atoms with Crippen molar-refractivity contribution in [3.63, 3.8) is 0 Å². The molecule has 1 amide bonds. The third-order valence-electron chi connectivity index (χ3n) is 12.8. The minimum Gasteiger partial charge on any atom is -0.394 e. The number of nitrogens with one attached hydrogen (secondary N) is 1. The van der Waals surface area contributed by atoms with Crippen LogP contribution in [0.25, 0.3) is 0 Å². The first-order valence-corrected chi connectivity index (χ1v) is 26.1.